The Morgan fingerprint density at radius 1 is 1.20 bits per heavy atom. The molecule has 1 atom stereocenters. The average Bonchev–Trinajstić information content (AvgIpc) is 2.42. The van der Waals surface area contributed by atoms with Crippen LogP contribution in [-0.4, -0.2) is 43.4 Å². The molecular weight excluding hydrogens is 292 g/mol. The third-order valence-corrected chi connectivity index (χ3v) is 7.88. The Morgan fingerprint density at radius 3 is 2.65 bits per heavy atom. The molecule has 2 aliphatic heterocycles. The number of nitrogens with zero attached hydrogens (tertiary/aromatic N) is 1. The van der Waals surface area contributed by atoms with Crippen molar-refractivity contribution >= 4 is 26.8 Å². The molecule has 0 aromatic heterocycles. The second kappa shape index (κ2) is 5.87. The lowest BCUT2D eigenvalue weighted by molar-refractivity contribution is 0.232. The Kier molecular flexibility index (Phi) is 4.32. The summed E-state index contributed by atoms with van der Waals surface area (Å²) in [5.41, 5.74) is 0.437. The van der Waals surface area contributed by atoms with Crippen LogP contribution in [0.3, 0.4) is 0 Å². The van der Waals surface area contributed by atoms with Crippen molar-refractivity contribution in [2.45, 2.75) is 51.0 Å². The van der Waals surface area contributed by atoms with Gasteiger partial charge in [-0.3, -0.25) is 4.99 Å². The number of nitrogens with one attached hydrogen (secondary N) is 1. The molecule has 0 radical (unpaired) electrons. The van der Waals surface area contributed by atoms with Crippen molar-refractivity contribution < 1.29 is 8.42 Å². The van der Waals surface area contributed by atoms with Crippen LogP contribution in [0.25, 0.3) is 0 Å². The predicted molar refractivity (Wildman–Crippen MR) is 85.1 cm³/mol. The van der Waals surface area contributed by atoms with Crippen molar-refractivity contribution in [3.8, 4) is 0 Å². The second-order valence-corrected chi connectivity index (χ2v) is 9.76. The van der Waals surface area contributed by atoms with E-state index in [0.29, 0.717) is 11.2 Å². The first-order valence-corrected chi connectivity index (χ1v) is 10.5. The molecule has 114 valence electrons. The fourth-order valence-electron chi connectivity index (χ4n) is 3.56. The molecule has 1 unspecified atom stereocenters. The van der Waals surface area contributed by atoms with Gasteiger partial charge in [-0.1, -0.05) is 31.0 Å². The second-order valence-electron chi connectivity index (χ2n) is 6.57. The zero-order chi connectivity index (χ0) is 14.1. The van der Waals surface area contributed by atoms with E-state index in [9.17, 15) is 8.42 Å². The number of amidine groups is 1. The summed E-state index contributed by atoms with van der Waals surface area (Å²) in [6.07, 6.45) is 8.43. The van der Waals surface area contributed by atoms with Gasteiger partial charge in [0.15, 0.2) is 15.0 Å². The summed E-state index contributed by atoms with van der Waals surface area (Å²) in [5.74, 6) is 1.78. The van der Waals surface area contributed by atoms with E-state index in [1.165, 1.54) is 32.1 Å². The molecule has 1 aliphatic carbocycles. The molecule has 2 heterocycles. The molecule has 3 aliphatic rings. The SMILES string of the molecule is O=S1(=O)CCCC(NC2=NCC3(CCCCC3)CS2)C1. The van der Waals surface area contributed by atoms with E-state index >= 15 is 0 Å². The Hall–Kier alpha value is -0.230. The fourth-order valence-corrected chi connectivity index (χ4v) is 6.42. The summed E-state index contributed by atoms with van der Waals surface area (Å²) in [6.45, 7) is 0.932. The topological polar surface area (TPSA) is 58.5 Å². The third-order valence-electron chi connectivity index (χ3n) is 4.78. The highest BCUT2D eigenvalue weighted by atomic mass is 32.2. The zero-order valence-corrected chi connectivity index (χ0v) is 13.6. The summed E-state index contributed by atoms with van der Waals surface area (Å²) in [6, 6.07) is 0.0698. The number of thioether (sulfide) groups is 1. The van der Waals surface area contributed by atoms with Crippen molar-refractivity contribution in [3.05, 3.63) is 0 Å². The Bertz CT molecular complexity index is 481. The van der Waals surface area contributed by atoms with Crippen molar-refractivity contribution in [1.82, 2.24) is 5.32 Å². The van der Waals surface area contributed by atoms with Gasteiger partial charge in [-0.2, -0.15) is 0 Å². The lowest BCUT2D eigenvalue weighted by atomic mass is 9.75. The Balaban J connectivity index is 1.57. The monoisotopic (exact) mass is 316 g/mol. The fraction of sp³-hybridized carbons (Fsp3) is 0.929. The summed E-state index contributed by atoms with van der Waals surface area (Å²) in [5, 5.41) is 4.34. The van der Waals surface area contributed by atoms with Crippen LogP contribution in [0.4, 0.5) is 0 Å². The van der Waals surface area contributed by atoms with Crippen LogP contribution in [-0.2, 0) is 9.84 Å². The van der Waals surface area contributed by atoms with E-state index in [1.807, 2.05) is 0 Å². The molecule has 2 fully saturated rings. The molecule has 1 saturated heterocycles. The lowest BCUT2D eigenvalue weighted by Gasteiger charge is -2.39. The normalized spacial score (nSPS) is 32.6. The summed E-state index contributed by atoms with van der Waals surface area (Å²) >= 11 is 1.81. The van der Waals surface area contributed by atoms with Gasteiger partial charge in [0.2, 0.25) is 0 Å². The largest absolute Gasteiger partial charge is 0.361 e. The van der Waals surface area contributed by atoms with Gasteiger partial charge in [-0.05, 0) is 31.1 Å². The number of rotatable bonds is 1. The molecule has 6 heteroatoms. The van der Waals surface area contributed by atoms with Gasteiger partial charge in [-0.15, -0.1) is 0 Å². The van der Waals surface area contributed by atoms with Crippen molar-refractivity contribution in [3.63, 3.8) is 0 Å². The minimum absolute atomic E-state index is 0.0698. The van der Waals surface area contributed by atoms with Crippen LogP contribution in [0.15, 0.2) is 4.99 Å². The molecule has 0 aromatic rings. The maximum Gasteiger partial charge on any atom is 0.156 e. The molecule has 20 heavy (non-hydrogen) atoms. The average molecular weight is 316 g/mol. The number of hydrogen-bond donors (Lipinski definition) is 1. The van der Waals surface area contributed by atoms with Gasteiger partial charge in [0.1, 0.15) is 0 Å². The van der Waals surface area contributed by atoms with Gasteiger partial charge in [0.25, 0.3) is 0 Å². The van der Waals surface area contributed by atoms with Gasteiger partial charge >= 0.3 is 0 Å². The van der Waals surface area contributed by atoms with Crippen molar-refractivity contribution in [2.24, 2.45) is 10.4 Å². The van der Waals surface area contributed by atoms with Crippen molar-refractivity contribution in [1.29, 1.82) is 0 Å². The van der Waals surface area contributed by atoms with E-state index in [2.05, 4.69) is 5.32 Å². The van der Waals surface area contributed by atoms with Crippen LogP contribution in [0.5, 0.6) is 0 Å². The van der Waals surface area contributed by atoms with E-state index in [1.54, 1.807) is 11.8 Å². The van der Waals surface area contributed by atoms with Gasteiger partial charge in [0, 0.05) is 18.3 Å². The van der Waals surface area contributed by atoms with Crippen LogP contribution in [0, 0.1) is 5.41 Å². The molecule has 0 amide bonds. The molecule has 1 saturated carbocycles. The Labute approximate surface area is 126 Å². The standard InChI is InChI=1S/C14H24N2O2S2/c17-20(18)8-4-5-12(9-20)16-13-15-10-14(11-19-13)6-2-1-3-7-14/h12H,1-11H2,(H,15,16). The minimum Gasteiger partial charge on any atom is -0.361 e. The highest BCUT2D eigenvalue weighted by Gasteiger charge is 2.35. The van der Waals surface area contributed by atoms with Crippen LogP contribution >= 0.6 is 11.8 Å². The molecular formula is C14H24N2O2S2. The number of aliphatic imine (C=N–C) groups is 1. The number of sulfone groups is 1. The van der Waals surface area contributed by atoms with E-state index < -0.39 is 9.84 Å². The van der Waals surface area contributed by atoms with Crippen LogP contribution in [0.1, 0.15) is 44.9 Å². The maximum atomic E-state index is 11.7. The van der Waals surface area contributed by atoms with Gasteiger partial charge in [0.05, 0.1) is 11.5 Å². The van der Waals surface area contributed by atoms with E-state index in [-0.39, 0.29) is 11.8 Å². The molecule has 3 rings (SSSR count). The minimum atomic E-state index is -2.84. The molecule has 4 nitrogen and oxygen atoms in total. The number of hydrogen-bond acceptors (Lipinski definition) is 5. The first-order chi connectivity index (χ1) is 9.57. The molecule has 0 aromatic carbocycles. The molecule has 1 spiro atoms. The summed E-state index contributed by atoms with van der Waals surface area (Å²) in [4.78, 5) is 4.72. The summed E-state index contributed by atoms with van der Waals surface area (Å²) in [7, 11) is -2.84. The van der Waals surface area contributed by atoms with E-state index in [4.69, 9.17) is 4.99 Å². The van der Waals surface area contributed by atoms with E-state index in [0.717, 1.165) is 30.3 Å². The first kappa shape index (κ1) is 14.7. The Morgan fingerprint density at radius 2 is 2.00 bits per heavy atom. The highest BCUT2D eigenvalue weighted by molar-refractivity contribution is 8.13. The van der Waals surface area contributed by atoms with Crippen LogP contribution in [0.2, 0.25) is 0 Å². The van der Waals surface area contributed by atoms with Gasteiger partial charge < -0.3 is 5.32 Å². The van der Waals surface area contributed by atoms with Crippen LogP contribution < -0.4 is 5.32 Å². The lowest BCUT2D eigenvalue weighted by Crippen LogP contribution is -2.45. The quantitative estimate of drug-likeness (QED) is 0.806. The highest BCUT2D eigenvalue weighted by Crippen LogP contribution is 2.41. The predicted octanol–water partition coefficient (Wildman–Crippen LogP) is 2.21. The van der Waals surface area contributed by atoms with Crippen molar-refractivity contribution in [2.75, 3.05) is 23.8 Å². The molecule has 0 bridgehead atoms. The third kappa shape index (κ3) is 3.50. The maximum absolute atomic E-state index is 11.7. The van der Waals surface area contributed by atoms with Gasteiger partial charge in [-0.25, -0.2) is 8.42 Å². The zero-order valence-electron chi connectivity index (χ0n) is 11.9. The smallest absolute Gasteiger partial charge is 0.156 e. The molecule has 1 N–H and O–H groups in total. The first-order valence-electron chi connectivity index (χ1n) is 7.71. The summed E-state index contributed by atoms with van der Waals surface area (Å²) < 4.78 is 23.3.